The van der Waals surface area contributed by atoms with E-state index in [4.69, 9.17) is 4.42 Å². The van der Waals surface area contributed by atoms with Crippen molar-refractivity contribution in [3.8, 4) is 22.3 Å². The van der Waals surface area contributed by atoms with Gasteiger partial charge in [-0.05, 0) is 104 Å². The summed E-state index contributed by atoms with van der Waals surface area (Å²) in [6, 6.07) is 69.0. The lowest BCUT2D eigenvalue weighted by molar-refractivity contribution is 0.563. The van der Waals surface area contributed by atoms with Crippen LogP contribution in [-0.2, 0) is 10.8 Å². The zero-order valence-electron chi connectivity index (χ0n) is 30.3. The van der Waals surface area contributed by atoms with Crippen LogP contribution in [0.3, 0.4) is 0 Å². The van der Waals surface area contributed by atoms with Crippen LogP contribution in [0.1, 0.15) is 47.2 Å². The first-order valence-corrected chi connectivity index (χ1v) is 18.8. The predicted molar refractivity (Wildman–Crippen MR) is 223 cm³/mol. The van der Waals surface area contributed by atoms with Gasteiger partial charge in [0.2, 0.25) is 0 Å². The minimum atomic E-state index is -0.427. The molecule has 0 atom stereocenters. The topological polar surface area (TPSA) is 16.4 Å². The molecule has 0 unspecified atom stereocenters. The number of hydrogen-bond donors (Lipinski definition) is 0. The number of anilines is 3. The van der Waals surface area contributed by atoms with Gasteiger partial charge in [0, 0.05) is 33.2 Å². The van der Waals surface area contributed by atoms with Gasteiger partial charge in [0.1, 0.15) is 11.2 Å². The quantitative estimate of drug-likeness (QED) is 0.183. The average Bonchev–Trinajstić information content (AvgIpc) is 3.74. The van der Waals surface area contributed by atoms with Crippen LogP contribution in [0, 0.1) is 0 Å². The van der Waals surface area contributed by atoms with Gasteiger partial charge >= 0.3 is 0 Å². The Balaban J connectivity index is 1.16. The molecule has 1 aromatic heterocycles. The van der Waals surface area contributed by atoms with Gasteiger partial charge in [-0.15, -0.1) is 0 Å². The van der Waals surface area contributed by atoms with E-state index >= 15 is 0 Å². The molecule has 2 nitrogen and oxygen atoms in total. The van der Waals surface area contributed by atoms with E-state index in [2.05, 4.69) is 195 Å². The number of para-hydroxylation sites is 1. The molecular weight excluding hydrogens is 655 g/mol. The molecule has 0 radical (unpaired) electrons. The molecule has 9 aromatic rings. The molecule has 8 aromatic carbocycles. The number of hydrogen-bond acceptors (Lipinski definition) is 2. The van der Waals surface area contributed by atoms with E-state index in [1.54, 1.807) is 0 Å². The Kier molecular flexibility index (Phi) is 6.55. The highest BCUT2D eigenvalue weighted by molar-refractivity contribution is 6.06. The van der Waals surface area contributed by atoms with E-state index in [0.29, 0.717) is 0 Å². The highest BCUT2D eigenvalue weighted by Crippen LogP contribution is 2.62. The molecule has 0 fully saturated rings. The van der Waals surface area contributed by atoms with Gasteiger partial charge in [-0.2, -0.15) is 0 Å². The molecule has 54 heavy (non-hydrogen) atoms. The number of nitrogens with zero attached hydrogens (tertiary/aromatic N) is 1. The molecule has 256 valence electrons. The zero-order chi connectivity index (χ0) is 36.0. The monoisotopic (exact) mass is 691 g/mol. The molecule has 0 saturated carbocycles. The fourth-order valence-corrected chi connectivity index (χ4v) is 9.73. The molecule has 0 bridgehead atoms. The normalized spacial score (nSPS) is 14.4. The maximum Gasteiger partial charge on any atom is 0.135 e. The Labute approximate surface area is 315 Å². The molecule has 2 heteroatoms. The lowest BCUT2D eigenvalue weighted by atomic mass is 9.55. The van der Waals surface area contributed by atoms with Gasteiger partial charge in [-0.25, -0.2) is 0 Å². The van der Waals surface area contributed by atoms with E-state index in [-0.39, 0.29) is 5.41 Å². The number of fused-ring (bicyclic) bond motifs is 12. The van der Waals surface area contributed by atoms with Gasteiger partial charge in [0.15, 0.2) is 0 Å². The van der Waals surface area contributed by atoms with Crippen molar-refractivity contribution in [3.63, 3.8) is 0 Å². The molecule has 2 aliphatic rings. The molecule has 2 aliphatic carbocycles. The van der Waals surface area contributed by atoms with E-state index < -0.39 is 5.41 Å². The molecule has 1 heterocycles. The first kappa shape index (κ1) is 30.9. The third kappa shape index (κ3) is 4.22. The minimum absolute atomic E-state index is 0.130. The average molecular weight is 692 g/mol. The van der Waals surface area contributed by atoms with Crippen molar-refractivity contribution in [3.05, 3.63) is 221 Å². The summed E-state index contributed by atoms with van der Waals surface area (Å²) in [7, 11) is 0. The lowest BCUT2D eigenvalue weighted by Crippen LogP contribution is -2.40. The highest BCUT2D eigenvalue weighted by atomic mass is 16.3. The fourth-order valence-electron chi connectivity index (χ4n) is 9.73. The summed E-state index contributed by atoms with van der Waals surface area (Å²) < 4.78 is 6.28. The second-order valence-electron chi connectivity index (χ2n) is 15.3. The highest BCUT2D eigenvalue weighted by Gasteiger charge is 2.53. The van der Waals surface area contributed by atoms with Crippen LogP contribution in [0.2, 0.25) is 0 Å². The third-order valence-corrected chi connectivity index (χ3v) is 12.1. The smallest absolute Gasteiger partial charge is 0.135 e. The second-order valence-corrected chi connectivity index (χ2v) is 15.3. The van der Waals surface area contributed by atoms with Crippen LogP contribution in [0.4, 0.5) is 17.1 Å². The maximum absolute atomic E-state index is 6.28. The number of benzene rings is 8. The summed E-state index contributed by atoms with van der Waals surface area (Å²) in [5.41, 5.74) is 17.7. The van der Waals surface area contributed by atoms with Gasteiger partial charge in [-0.1, -0.05) is 153 Å². The summed E-state index contributed by atoms with van der Waals surface area (Å²) in [4.78, 5) is 2.40. The summed E-state index contributed by atoms with van der Waals surface area (Å²) in [5.74, 6) is 0. The Morgan fingerprint density at radius 2 is 0.889 bits per heavy atom. The summed E-state index contributed by atoms with van der Waals surface area (Å²) in [6.07, 6.45) is 0. The second kappa shape index (κ2) is 11.4. The van der Waals surface area contributed by atoms with E-state index in [9.17, 15) is 0 Å². The van der Waals surface area contributed by atoms with Crippen molar-refractivity contribution in [2.75, 3.05) is 4.90 Å². The summed E-state index contributed by atoms with van der Waals surface area (Å²) >= 11 is 0. The van der Waals surface area contributed by atoms with Crippen molar-refractivity contribution in [2.24, 2.45) is 0 Å². The molecule has 0 N–H and O–H groups in total. The Bertz CT molecular complexity index is 2860. The van der Waals surface area contributed by atoms with Gasteiger partial charge in [-0.3, -0.25) is 0 Å². The standard InChI is InChI=1S/C52H37NO/c1-51(2)45-19-9-11-21-47(45)52(48-22-12-10-20-46(48)51)43-18-8-6-16-39(43)41-32-37(28-30-44(41)52)53(36-26-24-35(25-27-36)34-14-4-3-5-15-34)38-29-31-50-42(33-38)40-17-7-13-23-49(40)54-50/h3-33H,1-2H3. The van der Waals surface area contributed by atoms with Crippen molar-refractivity contribution < 1.29 is 4.42 Å². The van der Waals surface area contributed by atoms with Crippen LogP contribution in [-0.4, -0.2) is 0 Å². The number of rotatable bonds is 4. The fraction of sp³-hybridized carbons (Fsp3) is 0.0769. The lowest BCUT2D eigenvalue weighted by Gasteiger charge is -2.46. The molecule has 11 rings (SSSR count). The minimum Gasteiger partial charge on any atom is -0.456 e. The van der Waals surface area contributed by atoms with E-state index in [1.165, 1.54) is 55.6 Å². The van der Waals surface area contributed by atoms with Crippen LogP contribution < -0.4 is 4.90 Å². The van der Waals surface area contributed by atoms with Gasteiger partial charge in [0.05, 0.1) is 5.41 Å². The molecular formula is C52H37NO. The van der Waals surface area contributed by atoms with Gasteiger partial charge < -0.3 is 9.32 Å². The van der Waals surface area contributed by atoms with Crippen LogP contribution in [0.25, 0.3) is 44.2 Å². The van der Waals surface area contributed by atoms with Crippen LogP contribution in [0.15, 0.2) is 192 Å². The molecule has 0 amide bonds. The number of furan rings is 1. The Hall–Kier alpha value is -6.64. The Morgan fingerprint density at radius 3 is 1.63 bits per heavy atom. The van der Waals surface area contributed by atoms with Crippen molar-refractivity contribution in [1.29, 1.82) is 0 Å². The van der Waals surface area contributed by atoms with Crippen molar-refractivity contribution in [2.45, 2.75) is 24.7 Å². The van der Waals surface area contributed by atoms with Crippen LogP contribution in [0.5, 0.6) is 0 Å². The largest absolute Gasteiger partial charge is 0.456 e. The zero-order valence-corrected chi connectivity index (χ0v) is 30.3. The van der Waals surface area contributed by atoms with E-state index in [1.807, 2.05) is 12.1 Å². The molecule has 0 aliphatic heterocycles. The van der Waals surface area contributed by atoms with Crippen molar-refractivity contribution in [1.82, 2.24) is 0 Å². The molecule has 0 saturated heterocycles. The summed E-state index contributed by atoms with van der Waals surface area (Å²) in [6.45, 7) is 4.76. The predicted octanol–water partition coefficient (Wildman–Crippen LogP) is 13.7. The Morgan fingerprint density at radius 1 is 0.370 bits per heavy atom. The maximum atomic E-state index is 6.28. The first-order chi connectivity index (χ1) is 26.5. The first-order valence-electron chi connectivity index (χ1n) is 18.8. The SMILES string of the molecule is CC1(C)c2ccccc2C2(c3ccccc3-c3cc(N(c4ccc(-c5ccccc5)cc4)c4ccc5oc6ccccc6c5c4)ccc32)c2ccccc21. The van der Waals surface area contributed by atoms with E-state index in [0.717, 1.165) is 39.0 Å². The van der Waals surface area contributed by atoms with Crippen LogP contribution >= 0.6 is 0 Å². The van der Waals surface area contributed by atoms with Crippen molar-refractivity contribution >= 4 is 39.0 Å². The third-order valence-electron chi connectivity index (χ3n) is 12.1. The summed E-state index contributed by atoms with van der Waals surface area (Å²) in [5, 5.41) is 2.23. The van der Waals surface area contributed by atoms with Gasteiger partial charge in [0.25, 0.3) is 0 Å². The molecule has 1 spiro atoms.